The number of nitriles is 1. The highest BCUT2D eigenvalue weighted by Gasteiger charge is 2.20. The molecule has 1 aromatic carbocycles. The van der Waals surface area contributed by atoms with Gasteiger partial charge in [0, 0.05) is 16.6 Å². The zero-order valence-corrected chi connectivity index (χ0v) is 17.5. The lowest BCUT2D eigenvalue weighted by atomic mass is 10.1. The molecule has 8 heteroatoms. The molecule has 0 atom stereocenters. The number of nitrogens with one attached hydrogen (secondary N) is 1. The highest BCUT2D eigenvalue weighted by Crippen LogP contribution is 2.29. The van der Waals surface area contributed by atoms with E-state index in [1.165, 1.54) is 11.3 Å². The van der Waals surface area contributed by atoms with Crippen LogP contribution in [0.2, 0.25) is 0 Å². The van der Waals surface area contributed by atoms with Gasteiger partial charge in [-0.2, -0.15) is 5.26 Å². The van der Waals surface area contributed by atoms with Crippen LogP contribution in [-0.4, -0.2) is 29.7 Å². The van der Waals surface area contributed by atoms with Crippen LogP contribution in [-0.2, 0) is 9.53 Å². The fourth-order valence-electron chi connectivity index (χ4n) is 2.81. The molecule has 1 N–H and O–H groups in total. The molecule has 0 unspecified atom stereocenters. The minimum atomic E-state index is -0.503. The maximum absolute atomic E-state index is 12.6. The molecule has 0 amide bonds. The molecule has 0 radical (unpaired) electrons. The number of rotatable bonds is 6. The number of esters is 1. The summed E-state index contributed by atoms with van der Waals surface area (Å²) in [5.74, 6) is 0.201. The first-order chi connectivity index (χ1) is 14.5. The monoisotopic (exact) mass is 421 g/mol. The van der Waals surface area contributed by atoms with E-state index in [4.69, 9.17) is 9.47 Å². The predicted octanol–water partition coefficient (Wildman–Crippen LogP) is 3.79. The van der Waals surface area contributed by atoms with E-state index in [9.17, 15) is 14.9 Å². The molecule has 0 bridgehead atoms. The standard InChI is InChI=1S/C22H19N3O4S/c1-4-29-22(27)17(10-14-5-7-15(28-3)8-6-14)21-25-19(12-30-21)16-9-13(2)24-20(26)18(16)11-23/h5-10,12H,4H2,1-3H3,(H,24,26). The van der Waals surface area contributed by atoms with E-state index in [0.717, 1.165) is 5.56 Å². The van der Waals surface area contributed by atoms with Gasteiger partial charge in [0.05, 0.1) is 25.0 Å². The number of carbonyl (C=O) groups is 1. The molecule has 0 aliphatic heterocycles. The van der Waals surface area contributed by atoms with Crippen molar-refractivity contribution < 1.29 is 14.3 Å². The zero-order chi connectivity index (χ0) is 21.7. The van der Waals surface area contributed by atoms with E-state index in [0.29, 0.717) is 33.3 Å². The number of pyridine rings is 1. The van der Waals surface area contributed by atoms with Crippen molar-refractivity contribution in [3.63, 3.8) is 0 Å². The van der Waals surface area contributed by atoms with Crippen LogP contribution in [0.4, 0.5) is 0 Å². The van der Waals surface area contributed by atoms with Gasteiger partial charge in [-0.05, 0) is 43.7 Å². The molecule has 0 aliphatic carbocycles. The number of thiazole rings is 1. The van der Waals surface area contributed by atoms with Crippen LogP contribution in [0.15, 0.2) is 40.5 Å². The molecule has 3 rings (SSSR count). The van der Waals surface area contributed by atoms with Gasteiger partial charge in [-0.1, -0.05) is 12.1 Å². The van der Waals surface area contributed by atoms with Crippen LogP contribution >= 0.6 is 11.3 Å². The van der Waals surface area contributed by atoms with Gasteiger partial charge in [0.25, 0.3) is 5.56 Å². The predicted molar refractivity (Wildman–Crippen MR) is 115 cm³/mol. The minimum Gasteiger partial charge on any atom is -0.497 e. The number of ether oxygens (including phenoxy) is 2. The molecule has 30 heavy (non-hydrogen) atoms. The molecule has 2 heterocycles. The van der Waals surface area contributed by atoms with Crippen molar-refractivity contribution in [2.45, 2.75) is 13.8 Å². The van der Waals surface area contributed by atoms with E-state index in [-0.39, 0.29) is 12.2 Å². The third-order valence-corrected chi connectivity index (χ3v) is 5.09. The van der Waals surface area contributed by atoms with E-state index in [1.807, 2.05) is 18.2 Å². The van der Waals surface area contributed by atoms with Gasteiger partial charge >= 0.3 is 5.97 Å². The van der Waals surface area contributed by atoms with Crippen LogP contribution in [0.25, 0.3) is 22.9 Å². The number of aryl methyl sites for hydroxylation is 1. The molecule has 0 aliphatic rings. The third kappa shape index (κ3) is 4.47. The zero-order valence-electron chi connectivity index (χ0n) is 16.7. The summed E-state index contributed by atoms with van der Waals surface area (Å²) >= 11 is 1.24. The molecule has 152 valence electrons. The average molecular weight is 421 g/mol. The normalized spacial score (nSPS) is 11.1. The Morgan fingerprint density at radius 3 is 2.70 bits per heavy atom. The van der Waals surface area contributed by atoms with Gasteiger partial charge in [-0.3, -0.25) is 4.79 Å². The van der Waals surface area contributed by atoms with Crippen LogP contribution in [0.5, 0.6) is 5.75 Å². The molecular weight excluding hydrogens is 402 g/mol. The maximum Gasteiger partial charge on any atom is 0.341 e. The Morgan fingerprint density at radius 2 is 2.07 bits per heavy atom. The number of hydrogen-bond acceptors (Lipinski definition) is 7. The molecule has 3 aromatic rings. The van der Waals surface area contributed by atoms with E-state index in [1.54, 1.807) is 50.6 Å². The first-order valence-corrected chi connectivity index (χ1v) is 9.98. The minimum absolute atomic E-state index is 0.0192. The lowest BCUT2D eigenvalue weighted by Crippen LogP contribution is -2.12. The number of nitrogens with zero attached hydrogens (tertiary/aromatic N) is 2. The van der Waals surface area contributed by atoms with Gasteiger partial charge < -0.3 is 14.5 Å². The molecule has 7 nitrogen and oxygen atoms in total. The second-order valence-corrected chi connectivity index (χ2v) is 7.13. The number of H-pyrrole nitrogens is 1. The third-order valence-electron chi connectivity index (χ3n) is 4.21. The summed E-state index contributed by atoms with van der Waals surface area (Å²) in [7, 11) is 1.58. The van der Waals surface area contributed by atoms with Gasteiger partial charge in [0.1, 0.15) is 22.4 Å². The average Bonchev–Trinajstić information content (AvgIpc) is 3.21. The highest BCUT2D eigenvalue weighted by molar-refractivity contribution is 7.11. The Bertz CT molecular complexity index is 1200. The van der Waals surface area contributed by atoms with Crippen LogP contribution in [0.3, 0.4) is 0 Å². The summed E-state index contributed by atoms with van der Waals surface area (Å²) in [5, 5.41) is 11.5. The first-order valence-electron chi connectivity index (χ1n) is 9.10. The second kappa shape index (κ2) is 9.20. The fraction of sp³-hybridized carbons (Fsp3) is 0.182. The number of hydrogen-bond donors (Lipinski definition) is 1. The van der Waals surface area contributed by atoms with Crippen molar-refractivity contribution >= 4 is 29.0 Å². The number of aromatic nitrogens is 2. The quantitative estimate of drug-likeness (QED) is 0.480. The highest BCUT2D eigenvalue weighted by atomic mass is 32.1. The van der Waals surface area contributed by atoms with Crippen molar-refractivity contribution in [1.29, 1.82) is 5.26 Å². The van der Waals surface area contributed by atoms with Crippen molar-refractivity contribution in [3.8, 4) is 23.1 Å². The Kier molecular flexibility index (Phi) is 6.45. The summed E-state index contributed by atoms with van der Waals surface area (Å²) in [6.45, 7) is 3.68. The molecule has 2 aromatic heterocycles. The van der Waals surface area contributed by atoms with Crippen molar-refractivity contribution in [3.05, 3.63) is 67.9 Å². The van der Waals surface area contributed by atoms with Crippen molar-refractivity contribution in [2.24, 2.45) is 0 Å². The summed E-state index contributed by atoms with van der Waals surface area (Å²) in [6, 6.07) is 10.8. The van der Waals surface area contributed by atoms with E-state index < -0.39 is 11.5 Å². The number of methoxy groups -OCH3 is 1. The van der Waals surface area contributed by atoms with Gasteiger partial charge in [-0.15, -0.1) is 11.3 Å². The smallest absolute Gasteiger partial charge is 0.341 e. The number of benzene rings is 1. The Labute approximate surface area is 177 Å². The summed E-state index contributed by atoms with van der Waals surface area (Å²) in [5.41, 5.74) is 2.07. The molecular formula is C22H19N3O4S. The number of carbonyl (C=O) groups excluding carboxylic acids is 1. The Morgan fingerprint density at radius 1 is 1.33 bits per heavy atom. The summed E-state index contributed by atoms with van der Waals surface area (Å²) in [6.07, 6.45) is 1.69. The lowest BCUT2D eigenvalue weighted by molar-refractivity contribution is -0.136. The van der Waals surface area contributed by atoms with Crippen LogP contribution in [0.1, 0.15) is 28.8 Å². The summed E-state index contributed by atoms with van der Waals surface area (Å²) < 4.78 is 10.4. The Balaban J connectivity index is 2.08. The molecule has 0 spiro atoms. The largest absolute Gasteiger partial charge is 0.497 e. The topological polar surface area (TPSA) is 105 Å². The van der Waals surface area contributed by atoms with Gasteiger partial charge in [-0.25, -0.2) is 9.78 Å². The lowest BCUT2D eigenvalue weighted by Gasteiger charge is -2.06. The maximum atomic E-state index is 12.6. The van der Waals surface area contributed by atoms with Crippen molar-refractivity contribution in [1.82, 2.24) is 9.97 Å². The molecule has 0 saturated carbocycles. The molecule has 0 saturated heterocycles. The molecule has 0 fully saturated rings. The van der Waals surface area contributed by atoms with E-state index >= 15 is 0 Å². The van der Waals surface area contributed by atoms with Gasteiger partial charge in [0.2, 0.25) is 0 Å². The van der Waals surface area contributed by atoms with Crippen LogP contribution in [0, 0.1) is 18.3 Å². The Hall–Kier alpha value is -3.70. The van der Waals surface area contributed by atoms with Crippen LogP contribution < -0.4 is 10.3 Å². The first kappa shape index (κ1) is 21.0. The van der Waals surface area contributed by atoms with Crippen molar-refractivity contribution in [2.75, 3.05) is 13.7 Å². The van der Waals surface area contributed by atoms with E-state index in [2.05, 4.69) is 9.97 Å². The fourth-order valence-corrected chi connectivity index (χ4v) is 3.63. The SMILES string of the molecule is CCOC(=O)C(=Cc1ccc(OC)cc1)c1nc(-c2cc(C)[nH]c(=O)c2C#N)cs1. The number of aromatic amines is 1. The second-order valence-electron chi connectivity index (χ2n) is 6.27. The summed E-state index contributed by atoms with van der Waals surface area (Å²) in [4.78, 5) is 31.8. The van der Waals surface area contributed by atoms with Gasteiger partial charge in [0.15, 0.2) is 0 Å².